The molecule has 1 amide bonds. The number of hydrogen-bond acceptors (Lipinski definition) is 4. The molecule has 0 radical (unpaired) electrons. The predicted octanol–water partition coefficient (Wildman–Crippen LogP) is 4.26. The van der Waals surface area contributed by atoms with Gasteiger partial charge in [-0.15, -0.1) is 0 Å². The molecule has 0 spiro atoms. The van der Waals surface area contributed by atoms with Crippen LogP contribution in [0.3, 0.4) is 0 Å². The van der Waals surface area contributed by atoms with E-state index in [-0.39, 0.29) is 17.9 Å². The lowest BCUT2D eigenvalue weighted by Crippen LogP contribution is -2.25. The Bertz CT molecular complexity index is 1110. The molecule has 0 atom stereocenters. The van der Waals surface area contributed by atoms with E-state index in [1.807, 2.05) is 25.1 Å². The van der Waals surface area contributed by atoms with E-state index in [0.29, 0.717) is 29.2 Å². The Morgan fingerprint density at radius 1 is 1.00 bits per heavy atom. The molecule has 6 heteroatoms. The molecular formula is C25H22N2O4. The molecule has 3 aromatic rings. The second kappa shape index (κ2) is 10.1. The number of aliphatic carboxylic acids is 1. The van der Waals surface area contributed by atoms with Crippen molar-refractivity contribution in [2.24, 2.45) is 0 Å². The molecule has 3 aromatic carbocycles. The minimum absolute atomic E-state index is 0.164. The highest BCUT2D eigenvalue weighted by molar-refractivity contribution is 5.94. The Balaban J connectivity index is 1.58. The number of ether oxygens (including phenoxy) is 1. The molecule has 0 saturated carbocycles. The lowest BCUT2D eigenvalue weighted by atomic mass is 10.1. The zero-order chi connectivity index (χ0) is 22.2. The molecule has 2 N–H and O–H groups in total. The largest absolute Gasteiger partial charge is 0.481 e. The fraction of sp³-hybridized carbons (Fsp3) is 0.160. The second-order valence-electron chi connectivity index (χ2n) is 7.13. The molecule has 6 nitrogen and oxygen atoms in total. The number of carbonyl (C=O) groups excluding carboxylic acids is 1. The Labute approximate surface area is 180 Å². The van der Waals surface area contributed by atoms with Crippen molar-refractivity contribution in [3.8, 4) is 17.6 Å². The molecule has 0 aliphatic heterocycles. The summed E-state index contributed by atoms with van der Waals surface area (Å²) in [5, 5.41) is 21.1. The summed E-state index contributed by atoms with van der Waals surface area (Å²) >= 11 is 0. The van der Waals surface area contributed by atoms with Crippen LogP contribution in [0.15, 0.2) is 66.7 Å². The highest BCUT2D eigenvalue weighted by Gasteiger charge is 2.10. The van der Waals surface area contributed by atoms with Crippen LogP contribution in [0, 0.1) is 18.3 Å². The van der Waals surface area contributed by atoms with Crippen molar-refractivity contribution in [2.75, 3.05) is 6.54 Å². The van der Waals surface area contributed by atoms with Gasteiger partial charge in [0.25, 0.3) is 5.91 Å². The number of amides is 1. The average Bonchev–Trinajstić information content (AvgIpc) is 2.76. The summed E-state index contributed by atoms with van der Waals surface area (Å²) in [7, 11) is 0. The van der Waals surface area contributed by atoms with Crippen molar-refractivity contribution in [3.63, 3.8) is 0 Å². The van der Waals surface area contributed by atoms with Crippen molar-refractivity contribution in [1.29, 1.82) is 5.26 Å². The number of nitrogens with zero attached hydrogens (tertiary/aromatic N) is 1. The molecule has 0 fully saturated rings. The van der Waals surface area contributed by atoms with Crippen molar-refractivity contribution < 1.29 is 19.4 Å². The third kappa shape index (κ3) is 6.18. The maximum atomic E-state index is 12.3. The zero-order valence-corrected chi connectivity index (χ0v) is 17.1. The van der Waals surface area contributed by atoms with E-state index >= 15 is 0 Å². The van der Waals surface area contributed by atoms with Crippen molar-refractivity contribution >= 4 is 11.9 Å². The zero-order valence-electron chi connectivity index (χ0n) is 17.1. The maximum absolute atomic E-state index is 12.3. The summed E-state index contributed by atoms with van der Waals surface area (Å²) in [6.45, 7) is 2.57. The third-order valence-electron chi connectivity index (χ3n) is 4.68. The van der Waals surface area contributed by atoms with Crippen LogP contribution in [0.5, 0.6) is 11.5 Å². The van der Waals surface area contributed by atoms with Crippen molar-refractivity contribution in [3.05, 3.63) is 94.5 Å². The highest BCUT2D eigenvalue weighted by atomic mass is 16.5. The van der Waals surface area contributed by atoms with Crippen LogP contribution in [-0.2, 0) is 17.6 Å². The van der Waals surface area contributed by atoms with Crippen molar-refractivity contribution in [1.82, 2.24) is 5.32 Å². The monoisotopic (exact) mass is 414 g/mol. The normalized spacial score (nSPS) is 10.2. The van der Waals surface area contributed by atoms with Crippen LogP contribution >= 0.6 is 0 Å². The van der Waals surface area contributed by atoms with Crippen LogP contribution in [-0.4, -0.2) is 23.5 Å². The first-order valence-corrected chi connectivity index (χ1v) is 9.81. The molecule has 0 aliphatic carbocycles. The van der Waals surface area contributed by atoms with E-state index < -0.39 is 5.97 Å². The molecule has 0 heterocycles. The molecule has 31 heavy (non-hydrogen) atoms. The minimum atomic E-state index is -0.967. The molecule has 0 bridgehead atoms. The van der Waals surface area contributed by atoms with E-state index in [1.54, 1.807) is 36.4 Å². The molecule has 0 saturated heterocycles. The predicted molar refractivity (Wildman–Crippen MR) is 116 cm³/mol. The number of benzene rings is 3. The van der Waals surface area contributed by atoms with Gasteiger partial charge in [0.15, 0.2) is 0 Å². The molecular weight excluding hydrogens is 392 g/mol. The van der Waals surface area contributed by atoms with Crippen molar-refractivity contribution in [2.45, 2.75) is 19.8 Å². The van der Waals surface area contributed by atoms with Gasteiger partial charge in [0.1, 0.15) is 17.6 Å². The van der Waals surface area contributed by atoms with E-state index in [2.05, 4.69) is 17.4 Å². The topological polar surface area (TPSA) is 99.4 Å². The van der Waals surface area contributed by atoms with Gasteiger partial charge in [-0.3, -0.25) is 9.59 Å². The van der Waals surface area contributed by atoms with Gasteiger partial charge >= 0.3 is 5.97 Å². The fourth-order valence-corrected chi connectivity index (χ4v) is 3.02. The van der Waals surface area contributed by atoms with Gasteiger partial charge in [0.2, 0.25) is 0 Å². The maximum Gasteiger partial charge on any atom is 0.307 e. The van der Waals surface area contributed by atoms with Gasteiger partial charge in [-0.25, -0.2) is 0 Å². The Kier molecular flexibility index (Phi) is 7.02. The lowest BCUT2D eigenvalue weighted by molar-refractivity contribution is -0.136. The molecule has 0 aromatic heterocycles. The molecule has 0 unspecified atom stereocenters. The van der Waals surface area contributed by atoms with Crippen LogP contribution in [0.1, 0.15) is 32.6 Å². The first-order chi connectivity index (χ1) is 14.9. The Hall–Kier alpha value is -4.11. The number of aryl methyl sites for hydroxylation is 1. The Morgan fingerprint density at radius 2 is 1.68 bits per heavy atom. The van der Waals surface area contributed by atoms with Gasteiger partial charge in [-0.05, 0) is 60.9 Å². The number of carboxylic acids is 1. The third-order valence-corrected chi connectivity index (χ3v) is 4.68. The van der Waals surface area contributed by atoms with Gasteiger partial charge in [0, 0.05) is 12.1 Å². The molecule has 3 rings (SSSR count). The summed E-state index contributed by atoms with van der Waals surface area (Å²) in [4.78, 5) is 23.2. The van der Waals surface area contributed by atoms with Crippen LogP contribution in [0.4, 0.5) is 0 Å². The Morgan fingerprint density at radius 3 is 2.32 bits per heavy atom. The SMILES string of the molecule is Cc1ccc(CCNC(=O)c2ccc(Oc3ccc(CC(=O)O)cc3C#N)cc2)cc1. The average molecular weight is 414 g/mol. The summed E-state index contributed by atoms with van der Waals surface area (Å²) < 4.78 is 5.74. The van der Waals surface area contributed by atoms with Gasteiger partial charge < -0.3 is 15.2 Å². The van der Waals surface area contributed by atoms with E-state index in [1.165, 1.54) is 11.6 Å². The number of carbonyl (C=O) groups is 2. The van der Waals surface area contributed by atoms with E-state index in [4.69, 9.17) is 9.84 Å². The quantitative estimate of drug-likeness (QED) is 0.574. The number of hydrogen-bond donors (Lipinski definition) is 2. The minimum Gasteiger partial charge on any atom is -0.481 e. The fourth-order valence-electron chi connectivity index (χ4n) is 3.02. The highest BCUT2D eigenvalue weighted by Crippen LogP contribution is 2.26. The standard InChI is InChI=1S/C25H22N2O4/c1-17-2-4-18(5-3-17)12-13-27-25(30)20-7-9-22(10-8-20)31-23-11-6-19(15-24(28)29)14-21(23)16-26/h2-11,14H,12-13,15H2,1H3,(H,27,30)(H,28,29). The van der Waals surface area contributed by atoms with Gasteiger partial charge in [-0.1, -0.05) is 35.9 Å². The number of rotatable bonds is 8. The number of nitriles is 1. The van der Waals surface area contributed by atoms with Gasteiger partial charge in [-0.2, -0.15) is 5.26 Å². The van der Waals surface area contributed by atoms with E-state index in [9.17, 15) is 14.9 Å². The summed E-state index contributed by atoms with van der Waals surface area (Å²) in [5.41, 5.74) is 3.64. The first kappa shape index (κ1) is 21.6. The molecule has 156 valence electrons. The first-order valence-electron chi connectivity index (χ1n) is 9.81. The van der Waals surface area contributed by atoms with E-state index in [0.717, 1.165) is 12.0 Å². The number of nitrogens with one attached hydrogen (secondary N) is 1. The van der Waals surface area contributed by atoms with Gasteiger partial charge in [0.05, 0.1) is 12.0 Å². The molecule has 0 aliphatic rings. The summed E-state index contributed by atoms with van der Waals surface area (Å²) in [6, 6.07) is 21.5. The van der Waals surface area contributed by atoms with Crippen LogP contribution < -0.4 is 10.1 Å². The second-order valence-corrected chi connectivity index (χ2v) is 7.13. The van der Waals surface area contributed by atoms with Crippen LogP contribution in [0.25, 0.3) is 0 Å². The smallest absolute Gasteiger partial charge is 0.307 e. The van der Waals surface area contributed by atoms with Crippen LogP contribution in [0.2, 0.25) is 0 Å². The summed E-state index contributed by atoms with van der Waals surface area (Å²) in [5.74, 6) is -0.342. The lowest BCUT2D eigenvalue weighted by Gasteiger charge is -2.10. The number of carboxylic acid groups (broad SMARTS) is 1. The summed E-state index contributed by atoms with van der Waals surface area (Å²) in [6.07, 6.45) is 0.588.